The third-order valence-corrected chi connectivity index (χ3v) is 3.66. The van der Waals surface area contributed by atoms with Gasteiger partial charge >= 0.3 is 0 Å². The quantitative estimate of drug-likeness (QED) is 0.625. The van der Waals surface area contributed by atoms with Crippen LogP contribution in [-0.2, 0) is 0 Å². The Morgan fingerprint density at radius 3 is 2.84 bits per heavy atom. The van der Waals surface area contributed by atoms with Crippen LogP contribution in [0.25, 0.3) is 0 Å². The smallest absolute Gasteiger partial charge is 0.143 e. The van der Waals surface area contributed by atoms with E-state index in [1.54, 1.807) is 0 Å². The van der Waals surface area contributed by atoms with E-state index >= 15 is 0 Å². The first-order chi connectivity index (χ1) is 9.20. The van der Waals surface area contributed by atoms with Gasteiger partial charge in [-0.15, -0.1) is 0 Å². The summed E-state index contributed by atoms with van der Waals surface area (Å²) >= 11 is 0. The summed E-state index contributed by atoms with van der Waals surface area (Å²) in [6.45, 7) is 6.45. The van der Waals surface area contributed by atoms with E-state index in [9.17, 15) is 0 Å². The van der Waals surface area contributed by atoms with Gasteiger partial charge < -0.3 is 15.4 Å². The fourth-order valence-corrected chi connectivity index (χ4v) is 2.66. The molecule has 0 fully saturated rings. The van der Waals surface area contributed by atoms with Crippen LogP contribution in [0.2, 0.25) is 0 Å². The molecule has 1 aromatic carbocycles. The number of benzene rings is 1. The highest BCUT2D eigenvalue weighted by atomic mass is 16.5. The minimum Gasteiger partial charge on any atom is -0.487 e. The van der Waals surface area contributed by atoms with Crippen molar-refractivity contribution in [3.63, 3.8) is 0 Å². The van der Waals surface area contributed by atoms with Crippen LogP contribution in [0.4, 0.5) is 11.4 Å². The highest BCUT2D eigenvalue weighted by Gasteiger charge is 2.22. The molecule has 1 aliphatic rings. The van der Waals surface area contributed by atoms with E-state index in [0.717, 1.165) is 30.2 Å². The van der Waals surface area contributed by atoms with Gasteiger partial charge in [0.1, 0.15) is 11.9 Å². The van der Waals surface area contributed by atoms with Crippen LogP contribution in [0.1, 0.15) is 46.0 Å². The molecule has 1 atom stereocenters. The Balaban J connectivity index is 1.95. The van der Waals surface area contributed by atoms with E-state index in [1.165, 1.54) is 32.1 Å². The molecular weight excluding hydrogens is 236 g/mol. The number of hydrogen-bond donors (Lipinski definition) is 1. The topological polar surface area (TPSA) is 38.5 Å². The van der Waals surface area contributed by atoms with E-state index < -0.39 is 0 Å². The maximum atomic E-state index is 5.89. The summed E-state index contributed by atoms with van der Waals surface area (Å²) in [5.41, 5.74) is 7.86. The fourth-order valence-electron chi connectivity index (χ4n) is 2.66. The first-order valence-corrected chi connectivity index (χ1v) is 7.52. The summed E-state index contributed by atoms with van der Waals surface area (Å²) in [4.78, 5) is 2.42. The molecule has 0 aromatic heterocycles. The van der Waals surface area contributed by atoms with Crippen molar-refractivity contribution in [1.29, 1.82) is 0 Å². The molecule has 0 spiro atoms. The second kappa shape index (κ2) is 6.69. The standard InChI is InChI=1S/C16H26N2O/c1-3-4-5-6-7-10-18-12-13(2)19-16-9-8-14(17)11-15(16)18/h8-9,11,13H,3-7,10,12,17H2,1-2H3. The van der Waals surface area contributed by atoms with Crippen molar-refractivity contribution in [2.75, 3.05) is 23.7 Å². The lowest BCUT2D eigenvalue weighted by Crippen LogP contribution is -2.39. The number of nitrogens with two attached hydrogens (primary N) is 1. The zero-order valence-electron chi connectivity index (χ0n) is 12.2. The maximum Gasteiger partial charge on any atom is 0.143 e. The minimum atomic E-state index is 0.256. The average Bonchev–Trinajstić information content (AvgIpc) is 2.39. The number of hydrogen-bond acceptors (Lipinski definition) is 3. The number of rotatable bonds is 6. The van der Waals surface area contributed by atoms with Crippen LogP contribution in [-0.4, -0.2) is 19.2 Å². The molecular formula is C16H26N2O. The van der Waals surface area contributed by atoms with Crippen molar-refractivity contribution in [2.45, 2.75) is 52.1 Å². The van der Waals surface area contributed by atoms with Crippen molar-refractivity contribution < 1.29 is 4.74 Å². The number of fused-ring (bicyclic) bond motifs is 1. The lowest BCUT2D eigenvalue weighted by molar-refractivity contribution is 0.212. The molecule has 1 unspecified atom stereocenters. The molecule has 0 radical (unpaired) electrons. The SMILES string of the molecule is CCCCCCCN1CC(C)Oc2ccc(N)cc21. The summed E-state index contributed by atoms with van der Waals surface area (Å²) in [6, 6.07) is 5.94. The Kier molecular flexibility index (Phi) is 4.94. The predicted molar refractivity (Wildman–Crippen MR) is 81.9 cm³/mol. The molecule has 0 aliphatic carbocycles. The maximum absolute atomic E-state index is 5.89. The molecule has 0 bridgehead atoms. The van der Waals surface area contributed by atoms with E-state index in [0.29, 0.717) is 0 Å². The van der Waals surface area contributed by atoms with Gasteiger partial charge in [0.15, 0.2) is 0 Å². The van der Waals surface area contributed by atoms with Crippen LogP contribution in [0.5, 0.6) is 5.75 Å². The van der Waals surface area contributed by atoms with Crippen LogP contribution in [0.15, 0.2) is 18.2 Å². The summed E-state index contributed by atoms with van der Waals surface area (Å²) in [5.74, 6) is 0.974. The van der Waals surface area contributed by atoms with Gasteiger partial charge in [-0.05, 0) is 31.5 Å². The van der Waals surface area contributed by atoms with Gasteiger partial charge in [-0.3, -0.25) is 0 Å². The van der Waals surface area contributed by atoms with Gasteiger partial charge in [-0.25, -0.2) is 0 Å². The Morgan fingerprint density at radius 1 is 1.26 bits per heavy atom. The van der Waals surface area contributed by atoms with Gasteiger partial charge in [0, 0.05) is 12.2 Å². The molecule has 0 saturated carbocycles. The lowest BCUT2D eigenvalue weighted by atomic mass is 10.1. The molecule has 3 nitrogen and oxygen atoms in total. The van der Waals surface area contributed by atoms with Crippen LogP contribution < -0.4 is 15.4 Å². The normalized spacial score (nSPS) is 18.0. The molecule has 106 valence electrons. The third-order valence-electron chi connectivity index (χ3n) is 3.66. The van der Waals surface area contributed by atoms with Crippen molar-refractivity contribution >= 4 is 11.4 Å². The highest BCUT2D eigenvalue weighted by Crippen LogP contribution is 2.35. The molecule has 0 amide bonds. The molecule has 1 aromatic rings. The first-order valence-electron chi connectivity index (χ1n) is 7.52. The predicted octanol–water partition coefficient (Wildman–Crippen LogP) is 3.83. The van der Waals surface area contributed by atoms with E-state index in [4.69, 9.17) is 10.5 Å². The van der Waals surface area contributed by atoms with Gasteiger partial charge in [0.2, 0.25) is 0 Å². The second-order valence-electron chi connectivity index (χ2n) is 5.52. The third kappa shape index (κ3) is 3.79. The van der Waals surface area contributed by atoms with Crippen molar-refractivity contribution in [3.8, 4) is 5.75 Å². The molecule has 2 rings (SSSR count). The Bertz CT molecular complexity index is 406. The zero-order valence-corrected chi connectivity index (χ0v) is 12.2. The number of ether oxygens (including phenoxy) is 1. The van der Waals surface area contributed by atoms with E-state index in [2.05, 4.69) is 18.7 Å². The van der Waals surface area contributed by atoms with Crippen molar-refractivity contribution in [2.24, 2.45) is 0 Å². The lowest BCUT2D eigenvalue weighted by Gasteiger charge is -2.35. The number of nitrogen functional groups attached to an aromatic ring is 1. The Hall–Kier alpha value is -1.38. The Labute approximate surface area is 116 Å². The monoisotopic (exact) mass is 262 g/mol. The van der Waals surface area contributed by atoms with Crippen molar-refractivity contribution in [3.05, 3.63) is 18.2 Å². The van der Waals surface area contributed by atoms with Gasteiger partial charge in [0.25, 0.3) is 0 Å². The largest absolute Gasteiger partial charge is 0.487 e. The summed E-state index contributed by atoms with van der Waals surface area (Å²) < 4.78 is 5.86. The van der Waals surface area contributed by atoms with E-state index in [-0.39, 0.29) is 6.10 Å². The van der Waals surface area contributed by atoms with Crippen LogP contribution in [0.3, 0.4) is 0 Å². The summed E-state index contributed by atoms with van der Waals surface area (Å²) in [6.07, 6.45) is 6.82. The summed E-state index contributed by atoms with van der Waals surface area (Å²) in [5, 5.41) is 0. The molecule has 1 aliphatic heterocycles. The van der Waals surface area contributed by atoms with Gasteiger partial charge in [-0.1, -0.05) is 32.6 Å². The molecule has 0 saturated heterocycles. The number of unbranched alkanes of at least 4 members (excludes halogenated alkanes) is 4. The molecule has 3 heteroatoms. The second-order valence-corrected chi connectivity index (χ2v) is 5.52. The average molecular weight is 262 g/mol. The van der Waals surface area contributed by atoms with Gasteiger partial charge in [0.05, 0.1) is 12.2 Å². The highest BCUT2D eigenvalue weighted by molar-refractivity contribution is 5.66. The molecule has 19 heavy (non-hydrogen) atoms. The molecule has 1 heterocycles. The summed E-state index contributed by atoms with van der Waals surface area (Å²) in [7, 11) is 0. The van der Waals surface area contributed by atoms with Crippen LogP contribution in [0, 0.1) is 0 Å². The fraction of sp³-hybridized carbons (Fsp3) is 0.625. The number of anilines is 2. The number of nitrogens with zero attached hydrogens (tertiary/aromatic N) is 1. The van der Waals surface area contributed by atoms with Crippen molar-refractivity contribution in [1.82, 2.24) is 0 Å². The molecule has 2 N–H and O–H groups in total. The van der Waals surface area contributed by atoms with Gasteiger partial charge in [-0.2, -0.15) is 0 Å². The van der Waals surface area contributed by atoms with Crippen LogP contribution >= 0.6 is 0 Å². The zero-order chi connectivity index (χ0) is 13.7. The Morgan fingerprint density at radius 2 is 2.05 bits per heavy atom. The minimum absolute atomic E-state index is 0.256. The first kappa shape index (κ1) is 14.0. The van der Waals surface area contributed by atoms with E-state index in [1.807, 2.05) is 18.2 Å².